The molecule has 0 unspecified atom stereocenters. The van der Waals surface area contributed by atoms with Crippen LogP contribution in [0.1, 0.15) is 37.7 Å². The highest BCUT2D eigenvalue weighted by atomic mass is 79.9. The van der Waals surface area contributed by atoms with Gasteiger partial charge in [-0.3, -0.25) is 4.90 Å². The summed E-state index contributed by atoms with van der Waals surface area (Å²) in [5.74, 6) is -5.78. The molecule has 182 valence electrons. The van der Waals surface area contributed by atoms with Crippen LogP contribution in [0, 0.1) is 17.5 Å². The van der Waals surface area contributed by atoms with E-state index in [2.05, 4.69) is 25.9 Å². The van der Waals surface area contributed by atoms with Crippen molar-refractivity contribution >= 4 is 33.5 Å². The smallest absolute Gasteiger partial charge is 0.416 e. The van der Waals surface area contributed by atoms with E-state index in [1.165, 1.54) is 11.0 Å². The number of ether oxygens (including phenoxy) is 1. The molecule has 2 aromatic carbocycles. The van der Waals surface area contributed by atoms with E-state index in [-0.39, 0.29) is 34.2 Å². The van der Waals surface area contributed by atoms with Crippen molar-refractivity contribution in [2.24, 2.45) is 21.5 Å². The van der Waals surface area contributed by atoms with E-state index in [1.807, 2.05) is 0 Å². The molecule has 1 aliphatic carbocycles. The van der Waals surface area contributed by atoms with Crippen LogP contribution < -0.4 is 21.1 Å². The summed E-state index contributed by atoms with van der Waals surface area (Å²) in [6.45, 7) is 0. The quantitative estimate of drug-likeness (QED) is 0.474. The predicted octanol–water partition coefficient (Wildman–Crippen LogP) is 5.79. The highest BCUT2D eigenvalue weighted by molar-refractivity contribution is 9.10. The van der Waals surface area contributed by atoms with Gasteiger partial charge in [0, 0.05) is 6.07 Å². The van der Waals surface area contributed by atoms with Gasteiger partial charge >= 0.3 is 6.18 Å². The molecule has 0 atom stereocenters. The Kier molecular flexibility index (Phi) is 6.17. The summed E-state index contributed by atoms with van der Waals surface area (Å²) in [6.07, 6.45) is -1.51. The maximum atomic E-state index is 14.5. The zero-order chi connectivity index (χ0) is 24.8. The Bertz CT molecular complexity index is 1170. The van der Waals surface area contributed by atoms with Gasteiger partial charge in [0.05, 0.1) is 15.7 Å². The number of halogens is 7. The Morgan fingerprint density at radius 1 is 0.941 bits per heavy atom. The molecule has 2 aromatic rings. The Morgan fingerprint density at radius 2 is 1.56 bits per heavy atom. The minimum atomic E-state index is -4.97. The van der Waals surface area contributed by atoms with Crippen molar-refractivity contribution in [3.05, 3.63) is 51.8 Å². The van der Waals surface area contributed by atoms with E-state index in [9.17, 15) is 26.3 Å². The molecule has 1 fully saturated rings. The number of guanidine groups is 2. The van der Waals surface area contributed by atoms with Crippen molar-refractivity contribution in [3.63, 3.8) is 0 Å². The largest absolute Gasteiger partial charge is 0.449 e. The number of alkyl halides is 3. The van der Waals surface area contributed by atoms with Gasteiger partial charge < -0.3 is 16.2 Å². The lowest BCUT2D eigenvalue weighted by Gasteiger charge is -2.46. The number of rotatable bonds is 3. The lowest BCUT2D eigenvalue weighted by Crippen LogP contribution is -2.58. The average Bonchev–Trinajstić information content (AvgIpc) is 2.73. The molecule has 2 aliphatic rings. The zero-order valence-corrected chi connectivity index (χ0v) is 19.0. The number of anilines is 1. The molecule has 34 heavy (non-hydrogen) atoms. The molecule has 0 radical (unpaired) electrons. The summed E-state index contributed by atoms with van der Waals surface area (Å²) in [5, 5.41) is 0. The lowest BCUT2D eigenvalue weighted by molar-refractivity contribution is -0.138. The fourth-order valence-corrected chi connectivity index (χ4v) is 4.51. The Balaban J connectivity index is 1.84. The van der Waals surface area contributed by atoms with Crippen molar-refractivity contribution in [1.82, 2.24) is 0 Å². The van der Waals surface area contributed by atoms with Crippen LogP contribution in [0.4, 0.5) is 32.0 Å². The summed E-state index contributed by atoms with van der Waals surface area (Å²) in [7, 11) is 0. The van der Waals surface area contributed by atoms with E-state index in [0.29, 0.717) is 12.8 Å². The number of nitrogens with two attached hydrogens (primary N) is 2. The average molecular weight is 550 g/mol. The molecule has 0 bridgehead atoms. The molecule has 1 aliphatic heterocycles. The Labute approximate surface area is 198 Å². The molecule has 4 rings (SSSR count). The molecular weight excluding hydrogens is 532 g/mol. The van der Waals surface area contributed by atoms with Gasteiger partial charge in [0.2, 0.25) is 11.9 Å². The third kappa shape index (κ3) is 4.40. The second-order valence-electron chi connectivity index (χ2n) is 7.92. The van der Waals surface area contributed by atoms with Crippen LogP contribution in [0.25, 0.3) is 0 Å². The SMILES string of the molecule is NC1=NC2(CCCCC2)N(c2cc(Br)c(F)cc2Oc2c(F)cc(C(F)(F)F)cc2F)C(N)=N1. The van der Waals surface area contributed by atoms with E-state index < -0.39 is 46.4 Å². The molecule has 6 nitrogen and oxygen atoms in total. The number of aliphatic imine (C=N–C) groups is 2. The van der Waals surface area contributed by atoms with E-state index in [1.54, 1.807) is 0 Å². The highest BCUT2D eigenvalue weighted by Crippen LogP contribution is 2.46. The molecule has 0 amide bonds. The van der Waals surface area contributed by atoms with Gasteiger partial charge in [0.1, 0.15) is 11.5 Å². The normalized spacial score (nSPS) is 18.0. The number of benzene rings is 2. The standard InChI is InChI=1S/C21H18BrF6N5O/c22-11-8-15(33-19(30)31-18(29)32-20(33)4-2-1-3-5-20)16(9-12(11)23)34-17-13(24)6-10(7-14(17)25)21(26,27)28/h6-9H,1-5H2,(H4,29,30,31,32). The van der Waals surface area contributed by atoms with Gasteiger partial charge in [-0.05, 0) is 59.8 Å². The van der Waals surface area contributed by atoms with Crippen molar-refractivity contribution in [1.29, 1.82) is 0 Å². The molecule has 4 N–H and O–H groups in total. The number of hydrogen-bond donors (Lipinski definition) is 2. The van der Waals surface area contributed by atoms with Crippen LogP contribution in [0.3, 0.4) is 0 Å². The van der Waals surface area contributed by atoms with E-state index in [4.69, 9.17) is 16.2 Å². The molecule has 1 saturated carbocycles. The summed E-state index contributed by atoms with van der Waals surface area (Å²) in [5.41, 5.74) is 9.52. The first kappa shape index (κ1) is 24.2. The lowest BCUT2D eigenvalue weighted by atomic mass is 9.87. The fourth-order valence-electron chi connectivity index (χ4n) is 4.18. The highest BCUT2D eigenvalue weighted by Gasteiger charge is 2.44. The predicted molar refractivity (Wildman–Crippen MR) is 117 cm³/mol. The molecule has 1 heterocycles. The second-order valence-corrected chi connectivity index (χ2v) is 8.78. The molecule has 0 aromatic heterocycles. The minimum absolute atomic E-state index is 0.0236. The minimum Gasteiger partial charge on any atom is -0.449 e. The van der Waals surface area contributed by atoms with E-state index >= 15 is 0 Å². The van der Waals surface area contributed by atoms with Gasteiger partial charge in [-0.1, -0.05) is 6.42 Å². The van der Waals surface area contributed by atoms with E-state index in [0.717, 1.165) is 25.3 Å². The maximum absolute atomic E-state index is 14.5. The first-order valence-electron chi connectivity index (χ1n) is 10.1. The Hall–Kier alpha value is -2.96. The molecule has 1 spiro atoms. The van der Waals surface area contributed by atoms with Crippen LogP contribution in [0.2, 0.25) is 0 Å². The molecular formula is C21H18BrF6N5O. The van der Waals surface area contributed by atoms with Crippen molar-refractivity contribution in [3.8, 4) is 11.5 Å². The molecule has 13 heteroatoms. The zero-order valence-electron chi connectivity index (χ0n) is 17.4. The first-order chi connectivity index (χ1) is 15.9. The summed E-state index contributed by atoms with van der Waals surface area (Å²) in [4.78, 5) is 9.89. The van der Waals surface area contributed by atoms with Crippen LogP contribution in [0.15, 0.2) is 38.7 Å². The van der Waals surface area contributed by atoms with Crippen LogP contribution in [0.5, 0.6) is 11.5 Å². The topological polar surface area (TPSA) is 89.2 Å². The van der Waals surface area contributed by atoms with Crippen molar-refractivity contribution in [2.75, 3.05) is 4.90 Å². The van der Waals surface area contributed by atoms with Crippen molar-refractivity contribution < 1.29 is 31.1 Å². The summed E-state index contributed by atoms with van der Waals surface area (Å²) in [6, 6.07) is 2.29. The third-order valence-corrected chi connectivity index (χ3v) is 6.24. The van der Waals surface area contributed by atoms with Crippen molar-refractivity contribution in [2.45, 2.75) is 43.9 Å². The third-order valence-electron chi connectivity index (χ3n) is 5.63. The Morgan fingerprint density at radius 3 is 2.15 bits per heavy atom. The summed E-state index contributed by atoms with van der Waals surface area (Å²) < 4.78 is 87.4. The first-order valence-corrected chi connectivity index (χ1v) is 10.9. The van der Waals surface area contributed by atoms with Gasteiger partial charge in [0.25, 0.3) is 0 Å². The van der Waals surface area contributed by atoms with Gasteiger partial charge in [-0.25, -0.2) is 18.2 Å². The van der Waals surface area contributed by atoms with Crippen LogP contribution >= 0.6 is 15.9 Å². The van der Waals surface area contributed by atoms with Gasteiger partial charge in [-0.2, -0.15) is 18.2 Å². The summed E-state index contributed by atoms with van der Waals surface area (Å²) >= 11 is 3.07. The number of hydrogen-bond acceptors (Lipinski definition) is 6. The fraction of sp³-hybridized carbons (Fsp3) is 0.333. The van der Waals surface area contributed by atoms with Gasteiger partial charge in [0.15, 0.2) is 23.1 Å². The molecule has 0 saturated heterocycles. The van der Waals surface area contributed by atoms with Crippen LogP contribution in [-0.4, -0.2) is 17.6 Å². The second kappa shape index (κ2) is 8.67. The van der Waals surface area contributed by atoms with Crippen LogP contribution in [-0.2, 0) is 6.18 Å². The monoisotopic (exact) mass is 549 g/mol. The van der Waals surface area contributed by atoms with Gasteiger partial charge in [-0.15, -0.1) is 0 Å². The maximum Gasteiger partial charge on any atom is 0.416 e. The number of nitrogens with zero attached hydrogens (tertiary/aromatic N) is 3.